The predicted molar refractivity (Wildman–Crippen MR) is 52.2 cm³/mol. The van der Waals surface area contributed by atoms with Crippen LogP contribution < -0.4 is 0 Å². The average molecular weight is 335 g/mol. The molecule has 0 aliphatic heterocycles. The maximum absolute atomic E-state index is 2.62. The molecule has 0 saturated heterocycles. The molecule has 0 nitrogen and oxygen atoms in total. The van der Waals surface area contributed by atoms with Gasteiger partial charge in [0.05, 0.1) is 0 Å². The van der Waals surface area contributed by atoms with Crippen LogP contribution in [0.1, 0.15) is 0 Å². The van der Waals surface area contributed by atoms with Crippen LogP contribution in [0.2, 0.25) is 0 Å². The number of hydrogen-bond acceptors (Lipinski definition) is 0. The fourth-order valence-electron chi connectivity index (χ4n) is 0.501. The van der Waals surface area contributed by atoms with Crippen LogP contribution in [0, 0.1) is 39.1 Å². The van der Waals surface area contributed by atoms with Gasteiger partial charge in [-0.1, -0.05) is 0 Å². The van der Waals surface area contributed by atoms with Gasteiger partial charge in [0.25, 0.3) is 0 Å². The van der Waals surface area contributed by atoms with E-state index in [2.05, 4.69) is 24.3 Å². The van der Waals surface area contributed by atoms with E-state index in [1.807, 2.05) is 30.3 Å². The van der Waals surface area contributed by atoms with E-state index in [0.29, 0.717) is 0 Å². The van der Waals surface area contributed by atoms with E-state index in [1.54, 1.807) is 6.07 Å². The predicted octanol–water partition coefficient (Wildman–Crippen LogP) is 2.91. The Morgan fingerprint density at radius 3 is 1.46 bits per heavy atom. The fraction of sp³-hybridized carbons (Fsp3) is 0. The Morgan fingerprint density at radius 2 is 1.31 bits per heavy atom. The summed E-state index contributed by atoms with van der Waals surface area (Å²) in [4.78, 5) is 0. The van der Waals surface area contributed by atoms with Crippen molar-refractivity contribution < 1.29 is 25.8 Å². The Hall–Kier alpha value is -0.430. The summed E-state index contributed by atoms with van der Waals surface area (Å²) >= 11 is 0. The molecule has 0 fully saturated rings. The minimum Gasteiger partial charge on any atom is -0.999 e. The quantitative estimate of drug-likeness (QED) is 0.513. The van der Waals surface area contributed by atoms with Crippen LogP contribution in [0.15, 0.2) is 36.4 Å². The van der Waals surface area contributed by atoms with Gasteiger partial charge in [0.15, 0.2) is 0 Å². The van der Waals surface area contributed by atoms with Crippen LogP contribution >= 0.6 is 0 Å². The van der Waals surface area contributed by atoms with Crippen LogP contribution in [0.25, 0.3) is 0 Å². The van der Waals surface area contributed by atoms with Crippen molar-refractivity contribution in [3.05, 3.63) is 75.5 Å². The topological polar surface area (TPSA) is 0 Å². The molecule has 0 radical (unpaired) electrons. The summed E-state index contributed by atoms with van der Waals surface area (Å²) in [5.41, 5.74) is 0. The van der Waals surface area contributed by atoms with E-state index >= 15 is 0 Å². The molecule has 0 aromatic heterocycles. The normalized spacial score (nSPS) is 6.15. The Kier molecular flexibility index (Phi) is 19.9. The molecule has 72 valence electrons. The van der Waals surface area contributed by atoms with Crippen molar-refractivity contribution >= 4 is 0 Å². The van der Waals surface area contributed by atoms with E-state index in [9.17, 15) is 0 Å². The van der Waals surface area contributed by atoms with E-state index in [-0.39, 0.29) is 40.7 Å². The Labute approximate surface area is 101 Å². The van der Waals surface area contributed by atoms with Gasteiger partial charge in [-0.15, -0.1) is 0 Å². The largest absolute Gasteiger partial charge is 0.999 e. The first kappa shape index (κ1) is 18.4. The SMILES string of the molecule is [CH3-].[CH3-].[Hf].[c-]1[c-][c-][cH-][c-]1.c1cc[cH-]c1. The third-order valence-corrected chi connectivity index (χ3v) is 0.907. The van der Waals surface area contributed by atoms with Gasteiger partial charge >= 0.3 is 0 Å². The molecule has 0 bridgehead atoms. The maximum Gasteiger partial charge on any atom is 0 e. The summed E-state index contributed by atoms with van der Waals surface area (Å²) in [7, 11) is 0. The molecule has 2 aromatic carbocycles. The smallest absolute Gasteiger partial charge is 0 e. The van der Waals surface area contributed by atoms with Crippen molar-refractivity contribution in [1.29, 1.82) is 0 Å². The van der Waals surface area contributed by atoms with Gasteiger partial charge in [0.2, 0.25) is 0 Å². The fourth-order valence-corrected chi connectivity index (χ4v) is 0.501. The van der Waals surface area contributed by atoms with E-state index < -0.39 is 0 Å². The standard InChI is InChI=1S/C5H5.C5H.2CH3.Hf/c2*1-2-4-5-3-1;;;/h1-5H;1H;2*1H3;/q-1;-5;2*-1;. The molecular weight excluding hydrogens is 323 g/mol. The summed E-state index contributed by atoms with van der Waals surface area (Å²) in [6, 6.07) is 22.0. The molecule has 0 unspecified atom stereocenters. The average Bonchev–Trinajstić information content (AvgIpc) is 2.67. The summed E-state index contributed by atoms with van der Waals surface area (Å²) in [6.45, 7) is 0. The minimum absolute atomic E-state index is 0. The minimum atomic E-state index is 0. The summed E-state index contributed by atoms with van der Waals surface area (Å²) < 4.78 is 0. The van der Waals surface area contributed by atoms with Gasteiger partial charge in [-0.25, -0.2) is 12.1 Å². The van der Waals surface area contributed by atoms with Crippen molar-refractivity contribution in [2.75, 3.05) is 0 Å². The Morgan fingerprint density at radius 1 is 0.846 bits per heavy atom. The maximum atomic E-state index is 2.62. The van der Waals surface area contributed by atoms with Gasteiger partial charge < -0.3 is 45.2 Å². The molecular formula is C12H12Hf-8. The van der Waals surface area contributed by atoms with Crippen LogP contribution in [-0.2, 0) is 25.8 Å². The molecule has 0 aliphatic carbocycles. The van der Waals surface area contributed by atoms with Crippen molar-refractivity contribution in [2.45, 2.75) is 0 Å². The summed E-state index contributed by atoms with van der Waals surface area (Å²) in [5, 5.41) is 0. The Bertz CT molecular complexity index is 144. The van der Waals surface area contributed by atoms with Crippen molar-refractivity contribution in [1.82, 2.24) is 0 Å². The molecule has 2 aromatic rings. The van der Waals surface area contributed by atoms with Crippen molar-refractivity contribution in [2.24, 2.45) is 0 Å². The molecule has 0 spiro atoms. The van der Waals surface area contributed by atoms with Gasteiger partial charge in [-0.05, 0) is 0 Å². The first-order chi connectivity index (χ1) is 5.00. The molecule has 1 heteroatoms. The monoisotopic (exact) mass is 336 g/mol. The Balaban J connectivity index is -0.000000125. The van der Waals surface area contributed by atoms with Crippen molar-refractivity contribution in [3.63, 3.8) is 0 Å². The van der Waals surface area contributed by atoms with Gasteiger partial charge in [-0.2, -0.15) is 18.2 Å². The molecule has 0 saturated carbocycles. The molecule has 13 heavy (non-hydrogen) atoms. The summed E-state index contributed by atoms with van der Waals surface area (Å²) in [6.07, 6.45) is 0. The van der Waals surface area contributed by atoms with Crippen molar-refractivity contribution in [3.8, 4) is 0 Å². The number of rotatable bonds is 0. The second kappa shape index (κ2) is 14.1. The van der Waals surface area contributed by atoms with Crippen LogP contribution in [0.5, 0.6) is 0 Å². The second-order valence-corrected chi connectivity index (χ2v) is 1.65. The van der Waals surface area contributed by atoms with Crippen LogP contribution in [0.3, 0.4) is 0 Å². The van der Waals surface area contributed by atoms with E-state index in [0.717, 1.165) is 0 Å². The first-order valence-electron chi connectivity index (χ1n) is 2.99. The molecule has 0 heterocycles. The zero-order chi connectivity index (χ0) is 7.07. The third kappa shape index (κ3) is 11.6. The van der Waals surface area contributed by atoms with Gasteiger partial charge in [0, 0.05) is 25.8 Å². The molecule has 0 aliphatic rings. The number of hydrogen-bond donors (Lipinski definition) is 0. The van der Waals surface area contributed by atoms with Gasteiger partial charge in [-0.3, -0.25) is 0 Å². The molecule has 0 atom stereocenters. The van der Waals surface area contributed by atoms with Crippen LogP contribution in [-0.4, -0.2) is 0 Å². The molecule has 2 rings (SSSR count). The van der Waals surface area contributed by atoms with E-state index in [4.69, 9.17) is 0 Å². The zero-order valence-electron chi connectivity index (χ0n) is 7.96. The molecule has 0 amide bonds. The summed E-state index contributed by atoms with van der Waals surface area (Å²) in [5.74, 6) is 0. The van der Waals surface area contributed by atoms with E-state index in [1.165, 1.54) is 0 Å². The zero-order valence-corrected chi connectivity index (χ0v) is 11.6. The third-order valence-electron chi connectivity index (χ3n) is 0.907. The first-order valence-corrected chi connectivity index (χ1v) is 2.99. The second-order valence-electron chi connectivity index (χ2n) is 1.65. The van der Waals surface area contributed by atoms with Gasteiger partial charge in [0.1, 0.15) is 0 Å². The molecule has 0 N–H and O–H groups in total. The van der Waals surface area contributed by atoms with Crippen LogP contribution in [0.4, 0.5) is 0 Å².